The smallest absolute Gasteiger partial charge is 0.243 e. The molecule has 1 N–H and O–H groups in total. The Kier molecular flexibility index (Phi) is 4.31. The molecule has 0 spiro atoms. The summed E-state index contributed by atoms with van der Waals surface area (Å²) in [5.41, 5.74) is 0. The van der Waals surface area contributed by atoms with E-state index in [1.807, 2.05) is 6.92 Å². The van der Waals surface area contributed by atoms with Gasteiger partial charge in [-0.15, -0.1) is 0 Å². The summed E-state index contributed by atoms with van der Waals surface area (Å²) in [5.74, 6) is -0.662. The van der Waals surface area contributed by atoms with Gasteiger partial charge >= 0.3 is 0 Å². The maximum absolute atomic E-state index is 13.6. The summed E-state index contributed by atoms with van der Waals surface area (Å²) in [6.07, 6.45) is -0.111. The van der Waals surface area contributed by atoms with Crippen LogP contribution in [0.15, 0.2) is 23.1 Å². The highest BCUT2D eigenvalue weighted by molar-refractivity contribution is 7.89. The lowest BCUT2D eigenvalue weighted by Gasteiger charge is -2.33. The molecule has 0 aliphatic carbocycles. The average Bonchev–Trinajstić information content (AvgIpc) is 2.41. The third-order valence-corrected chi connectivity index (χ3v) is 5.50. The number of rotatable bonds is 3. The first kappa shape index (κ1) is 15.2. The molecule has 2 rings (SSSR count). The van der Waals surface area contributed by atoms with Crippen molar-refractivity contribution in [2.75, 3.05) is 20.2 Å². The molecule has 0 saturated carbocycles. The average molecular weight is 303 g/mol. The summed E-state index contributed by atoms with van der Waals surface area (Å²) in [6.45, 7) is 2.24. The van der Waals surface area contributed by atoms with Gasteiger partial charge < -0.3 is 9.84 Å². The molecule has 1 fully saturated rings. The molecule has 2 atom stereocenters. The molecule has 112 valence electrons. The lowest BCUT2D eigenvalue weighted by atomic mass is 9.98. The lowest BCUT2D eigenvalue weighted by molar-refractivity contribution is 0.0605. The third kappa shape index (κ3) is 2.79. The first-order valence-electron chi connectivity index (χ1n) is 6.38. The van der Waals surface area contributed by atoms with E-state index in [4.69, 9.17) is 4.74 Å². The molecule has 5 nitrogen and oxygen atoms in total. The summed E-state index contributed by atoms with van der Waals surface area (Å²) < 4.78 is 44.4. The number of methoxy groups -OCH3 is 1. The number of ether oxygens (including phenoxy) is 1. The number of aliphatic hydroxyl groups excluding tert-OH is 1. The molecule has 20 heavy (non-hydrogen) atoms. The second-order valence-corrected chi connectivity index (χ2v) is 6.93. The number of β-amino-alcohol motifs (C(OH)–C–C–N with tert-alkyl or cyclic N) is 1. The van der Waals surface area contributed by atoms with E-state index in [0.717, 1.165) is 6.07 Å². The van der Waals surface area contributed by atoms with E-state index in [1.54, 1.807) is 0 Å². The largest absolute Gasteiger partial charge is 0.494 e. The van der Waals surface area contributed by atoms with Crippen molar-refractivity contribution in [3.8, 4) is 5.75 Å². The lowest BCUT2D eigenvalue weighted by Crippen LogP contribution is -2.45. The molecule has 2 unspecified atom stereocenters. The maximum Gasteiger partial charge on any atom is 0.243 e. The van der Waals surface area contributed by atoms with E-state index in [2.05, 4.69) is 0 Å². The van der Waals surface area contributed by atoms with E-state index < -0.39 is 21.9 Å². The van der Waals surface area contributed by atoms with Crippen molar-refractivity contribution in [2.24, 2.45) is 5.92 Å². The number of sulfonamides is 1. The zero-order valence-electron chi connectivity index (χ0n) is 11.4. The molecule has 1 aliphatic heterocycles. The van der Waals surface area contributed by atoms with Gasteiger partial charge in [0.15, 0.2) is 11.6 Å². The van der Waals surface area contributed by atoms with E-state index in [1.165, 1.54) is 23.5 Å². The molecular weight excluding hydrogens is 285 g/mol. The minimum atomic E-state index is -3.79. The summed E-state index contributed by atoms with van der Waals surface area (Å²) in [5, 5.41) is 9.79. The van der Waals surface area contributed by atoms with Crippen LogP contribution in [-0.2, 0) is 10.0 Å². The van der Waals surface area contributed by atoms with Crippen molar-refractivity contribution in [3.05, 3.63) is 24.0 Å². The van der Waals surface area contributed by atoms with Crippen LogP contribution >= 0.6 is 0 Å². The van der Waals surface area contributed by atoms with Gasteiger partial charge in [0.05, 0.1) is 18.1 Å². The van der Waals surface area contributed by atoms with E-state index in [-0.39, 0.29) is 23.1 Å². The summed E-state index contributed by atoms with van der Waals surface area (Å²) in [6, 6.07) is 3.53. The van der Waals surface area contributed by atoms with E-state index in [9.17, 15) is 17.9 Å². The summed E-state index contributed by atoms with van der Waals surface area (Å²) in [4.78, 5) is -0.127. The molecule has 0 aromatic heterocycles. The zero-order chi connectivity index (χ0) is 14.9. The first-order valence-corrected chi connectivity index (χ1v) is 7.82. The van der Waals surface area contributed by atoms with E-state index in [0.29, 0.717) is 13.0 Å². The van der Waals surface area contributed by atoms with Crippen molar-refractivity contribution in [1.82, 2.24) is 4.31 Å². The van der Waals surface area contributed by atoms with Gasteiger partial charge in [0.1, 0.15) is 0 Å². The molecule has 1 aromatic rings. The molecule has 1 aromatic carbocycles. The summed E-state index contributed by atoms with van der Waals surface area (Å²) in [7, 11) is -2.47. The van der Waals surface area contributed by atoms with Gasteiger partial charge in [-0.2, -0.15) is 4.31 Å². The van der Waals surface area contributed by atoms with Crippen molar-refractivity contribution in [2.45, 2.75) is 24.3 Å². The van der Waals surface area contributed by atoms with Gasteiger partial charge in [-0.1, -0.05) is 6.92 Å². The Morgan fingerprint density at radius 3 is 2.70 bits per heavy atom. The van der Waals surface area contributed by atoms with Crippen LogP contribution in [0.4, 0.5) is 4.39 Å². The van der Waals surface area contributed by atoms with Crippen LogP contribution < -0.4 is 4.74 Å². The fraction of sp³-hybridized carbons (Fsp3) is 0.538. The normalized spacial score (nSPS) is 24.6. The van der Waals surface area contributed by atoms with Crippen molar-refractivity contribution in [1.29, 1.82) is 0 Å². The number of nitrogens with zero attached hydrogens (tertiary/aromatic N) is 1. The highest BCUT2D eigenvalue weighted by Gasteiger charge is 2.33. The van der Waals surface area contributed by atoms with Crippen molar-refractivity contribution >= 4 is 10.0 Å². The van der Waals surface area contributed by atoms with E-state index >= 15 is 0 Å². The Morgan fingerprint density at radius 2 is 2.15 bits per heavy atom. The van der Waals surface area contributed by atoms with Crippen molar-refractivity contribution < 1.29 is 22.7 Å². The second-order valence-electron chi connectivity index (χ2n) is 4.99. The Morgan fingerprint density at radius 1 is 1.45 bits per heavy atom. The predicted molar refractivity (Wildman–Crippen MR) is 71.5 cm³/mol. The quantitative estimate of drug-likeness (QED) is 0.912. The maximum atomic E-state index is 13.6. The first-order chi connectivity index (χ1) is 9.36. The Labute approximate surface area is 118 Å². The predicted octanol–water partition coefficient (Wildman–Crippen LogP) is 1.23. The molecule has 1 aliphatic rings. The molecule has 1 heterocycles. The van der Waals surface area contributed by atoms with Gasteiger partial charge in [-0.05, 0) is 30.5 Å². The van der Waals surface area contributed by atoms with Gasteiger partial charge in [-0.25, -0.2) is 12.8 Å². The number of benzene rings is 1. The van der Waals surface area contributed by atoms with Crippen LogP contribution in [0.1, 0.15) is 13.3 Å². The monoisotopic (exact) mass is 303 g/mol. The molecule has 0 bridgehead atoms. The third-order valence-electron chi connectivity index (χ3n) is 3.64. The number of aliphatic hydroxyl groups is 1. The van der Waals surface area contributed by atoms with Gasteiger partial charge in [0, 0.05) is 13.1 Å². The van der Waals surface area contributed by atoms with Gasteiger partial charge in [0.25, 0.3) is 0 Å². The van der Waals surface area contributed by atoms with Gasteiger partial charge in [-0.3, -0.25) is 0 Å². The standard InChI is InChI=1S/C13H18FNO4S/c1-9-5-6-15(8-12(9)16)20(17,18)10-3-4-13(19-2)11(14)7-10/h3-4,7,9,12,16H,5-6,8H2,1-2H3. The second kappa shape index (κ2) is 5.67. The topological polar surface area (TPSA) is 66.8 Å². The van der Waals surface area contributed by atoms with Crippen LogP contribution in [0.25, 0.3) is 0 Å². The molecule has 0 radical (unpaired) electrons. The number of piperidine rings is 1. The minimum Gasteiger partial charge on any atom is -0.494 e. The van der Waals surface area contributed by atoms with Gasteiger partial charge in [0.2, 0.25) is 10.0 Å². The van der Waals surface area contributed by atoms with Crippen LogP contribution in [0.3, 0.4) is 0 Å². The number of halogens is 1. The highest BCUT2D eigenvalue weighted by Crippen LogP contribution is 2.26. The van der Waals surface area contributed by atoms with Crippen LogP contribution in [0, 0.1) is 11.7 Å². The SMILES string of the molecule is COc1ccc(S(=O)(=O)N2CCC(C)C(O)C2)cc1F. The van der Waals surface area contributed by atoms with Crippen LogP contribution in [0.5, 0.6) is 5.75 Å². The molecule has 1 saturated heterocycles. The Balaban J connectivity index is 2.29. The van der Waals surface area contributed by atoms with Crippen LogP contribution in [0.2, 0.25) is 0 Å². The molecule has 0 amide bonds. The summed E-state index contributed by atoms with van der Waals surface area (Å²) >= 11 is 0. The number of hydrogen-bond acceptors (Lipinski definition) is 4. The van der Waals surface area contributed by atoms with Crippen LogP contribution in [-0.4, -0.2) is 44.1 Å². The molecule has 7 heteroatoms. The van der Waals surface area contributed by atoms with Crippen molar-refractivity contribution in [3.63, 3.8) is 0 Å². The minimum absolute atomic E-state index is 0.00347. The Hall–Kier alpha value is -1.18. The number of hydrogen-bond donors (Lipinski definition) is 1. The highest BCUT2D eigenvalue weighted by atomic mass is 32.2. The fourth-order valence-electron chi connectivity index (χ4n) is 2.19. The Bertz CT molecular complexity index is 590. The molecular formula is C13H18FNO4S. The fourth-order valence-corrected chi connectivity index (χ4v) is 3.68. The zero-order valence-corrected chi connectivity index (χ0v) is 12.2.